The number of carbonyl (C=O) groups excluding carboxylic acids is 3. The number of hydrogen-bond acceptors (Lipinski definition) is 6. The number of carbonyl (C=O) groups is 3. The highest BCUT2D eigenvalue weighted by Gasteiger charge is 2.19. The van der Waals surface area contributed by atoms with E-state index in [1.54, 1.807) is 0 Å². The summed E-state index contributed by atoms with van der Waals surface area (Å²) in [5.41, 5.74) is 0. The van der Waals surface area contributed by atoms with E-state index in [1.165, 1.54) is 263 Å². The van der Waals surface area contributed by atoms with E-state index in [2.05, 4.69) is 45.1 Å². The van der Waals surface area contributed by atoms with Gasteiger partial charge in [-0.2, -0.15) is 0 Å². The zero-order valence-electron chi connectivity index (χ0n) is 49.4. The molecule has 0 radical (unpaired) electrons. The summed E-state index contributed by atoms with van der Waals surface area (Å²) in [6, 6.07) is 0. The molecule has 0 heterocycles. The van der Waals surface area contributed by atoms with Crippen LogP contribution in [0.1, 0.15) is 367 Å². The van der Waals surface area contributed by atoms with E-state index in [0.29, 0.717) is 19.3 Å². The van der Waals surface area contributed by atoms with Crippen LogP contribution in [0.5, 0.6) is 0 Å². The monoisotopic (exact) mass is 1030 g/mol. The molecule has 6 heteroatoms. The number of rotatable bonds is 61. The predicted molar refractivity (Wildman–Crippen MR) is 316 cm³/mol. The number of ether oxygens (including phenoxy) is 3. The molecular weight excluding hydrogens is 901 g/mol. The zero-order chi connectivity index (χ0) is 52.9. The highest BCUT2D eigenvalue weighted by molar-refractivity contribution is 5.71. The third-order valence-corrected chi connectivity index (χ3v) is 14.9. The van der Waals surface area contributed by atoms with Gasteiger partial charge in [-0.3, -0.25) is 14.4 Å². The van der Waals surface area contributed by atoms with Gasteiger partial charge in [0.2, 0.25) is 0 Å². The first-order valence-electron chi connectivity index (χ1n) is 32.8. The molecule has 6 nitrogen and oxygen atoms in total. The molecule has 0 saturated carbocycles. The van der Waals surface area contributed by atoms with Crippen molar-refractivity contribution in [2.45, 2.75) is 374 Å². The van der Waals surface area contributed by atoms with Gasteiger partial charge in [0.05, 0.1) is 0 Å². The number of unbranched alkanes of at least 4 members (excludes halogenated alkanes) is 46. The summed E-state index contributed by atoms with van der Waals surface area (Å²) >= 11 is 0. The van der Waals surface area contributed by atoms with Crippen LogP contribution >= 0.6 is 0 Å². The molecule has 1 unspecified atom stereocenters. The Bertz CT molecular complexity index is 1180. The minimum Gasteiger partial charge on any atom is -0.462 e. The average Bonchev–Trinajstić information content (AvgIpc) is 3.39. The molecule has 0 bridgehead atoms. The summed E-state index contributed by atoms with van der Waals surface area (Å²) in [6.07, 6.45) is 74.8. The highest BCUT2D eigenvalue weighted by atomic mass is 16.6. The van der Waals surface area contributed by atoms with E-state index in [9.17, 15) is 14.4 Å². The molecule has 73 heavy (non-hydrogen) atoms. The Kier molecular flexibility index (Phi) is 60.6. The fourth-order valence-corrected chi connectivity index (χ4v) is 9.97. The summed E-state index contributed by atoms with van der Waals surface area (Å²) in [5.74, 6) is -0.851. The molecule has 0 N–H and O–H groups in total. The molecule has 0 aromatic heterocycles. The quantitative estimate of drug-likeness (QED) is 0.0261. The Labute approximate surface area is 455 Å². The lowest BCUT2D eigenvalue weighted by Gasteiger charge is -2.18. The first kappa shape index (κ1) is 70.9. The second-order valence-corrected chi connectivity index (χ2v) is 22.4. The van der Waals surface area contributed by atoms with E-state index < -0.39 is 6.10 Å². The second-order valence-electron chi connectivity index (χ2n) is 22.4. The Morgan fingerprint density at radius 1 is 0.260 bits per heavy atom. The van der Waals surface area contributed by atoms with Crippen molar-refractivity contribution in [1.82, 2.24) is 0 Å². The molecule has 1 atom stereocenters. The van der Waals surface area contributed by atoms with Crippen molar-refractivity contribution in [3.8, 4) is 0 Å². The van der Waals surface area contributed by atoms with Gasteiger partial charge in [-0.25, -0.2) is 0 Å². The average molecular weight is 1030 g/mol. The molecule has 0 rings (SSSR count). The normalized spacial score (nSPS) is 12.1. The van der Waals surface area contributed by atoms with Crippen LogP contribution in [0.2, 0.25) is 0 Å². The van der Waals surface area contributed by atoms with E-state index >= 15 is 0 Å². The lowest BCUT2D eigenvalue weighted by molar-refractivity contribution is -0.167. The van der Waals surface area contributed by atoms with Crippen molar-refractivity contribution < 1.29 is 28.6 Å². The van der Waals surface area contributed by atoms with Gasteiger partial charge >= 0.3 is 17.9 Å². The van der Waals surface area contributed by atoms with Gasteiger partial charge in [0.1, 0.15) is 13.2 Å². The second kappa shape index (κ2) is 62.4. The smallest absolute Gasteiger partial charge is 0.306 e. The molecule has 0 aromatic rings. The Morgan fingerprint density at radius 2 is 0.452 bits per heavy atom. The predicted octanol–water partition coefficient (Wildman–Crippen LogP) is 22.2. The minimum atomic E-state index is -0.772. The Balaban J connectivity index is 4.24. The van der Waals surface area contributed by atoms with Gasteiger partial charge in [0.25, 0.3) is 0 Å². The van der Waals surface area contributed by atoms with Crippen molar-refractivity contribution in [1.29, 1.82) is 0 Å². The number of esters is 3. The lowest BCUT2D eigenvalue weighted by atomic mass is 10.0. The van der Waals surface area contributed by atoms with E-state index in [4.69, 9.17) is 14.2 Å². The van der Waals surface area contributed by atoms with Gasteiger partial charge in [-0.05, 0) is 70.6 Å². The SMILES string of the molecule is CCCCCCCCC/C=C\CCCCCCCC(=O)OC(COC(=O)CCCCCCCCCCCCCCCC)COC(=O)CCCCCCCCCCCCCCC/C=C\CCCCCCCCCC. The van der Waals surface area contributed by atoms with Crippen molar-refractivity contribution in [3.05, 3.63) is 24.3 Å². The van der Waals surface area contributed by atoms with Crippen LogP contribution in [0, 0.1) is 0 Å². The largest absolute Gasteiger partial charge is 0.462 e. The lowest BCUT2D eigenvalue weighted by Crippen LogP contribution is -2.30. The van der Waals surface area contributed by atoms with Crippen LogP contribution in [0.3, 0.4) is 0 Å². The van der Waals surface area contributed by atoms with Crippen LogP contribution in [0.25, 0.3) is 0 Å². The standard InChI is InChI=1S/C67H126O6/c1-4-7-10-13-16-19-22-25-28-30-31-32-33-34-35-36-37-38-40-42-45-48-51-54-57-60-66(69)72-63-64(62-71-65(68)59-56-53-50-47-44-41-27-24-21-18-15-12-9-6-3)73-67(70)61-58-55-52-49-46-43-39-29-26-23-20-17-14-11-8-5-2/h29-31,39,64H,4-28,32-38,40-63H2,1-3H3/b31-30-,39-29-. The minimum absolute atomic E-state index is 0.0692. The molecule has 430 valence electrons. The zero-order valence-corrected chi connectivity index (χ0v) is 49.4. The van der Waals surface area contributed by atoms with Crippen molar-refractivity contribution >= 4 is 17.9 Å². The third-order valence-electron chi connectivity index (χ3n) is 14.9. The molecule has 0 aliphatic rings. The summed E-state index contributed by atoms with van der Waals surface area (Å²) < 4.78 is 16.9. The summed E-state index contributed by atoms with van der Waals surface area (Å²) in [5, 5.41) is 0. The fourth-order valence-electron chi connectivity index (χ4n) is 9.97. The van der Waals surface area contributed by atoms with Crippen LogP contribution in [0.15, 0.2) is 24.3 Å². The maximum absolute atomic E-state index is 12.9. The fraction of sp³-hybridized carbons (Fsp3) is 0.896. The molecule has 0 spiro atoms. The Hall–Kier alpha value is -2.11. The topological polar surface area (TPSA) is 78.9 Å². The molecule has 0 aromatic carbocycles. The molecule has 0 saturated heterocycles. The molecule has 0 amide bonds. The number of hydrogen-bond donors (Lipinski definition) is 0. The molecule has 0 aliphatic heterocycles. The Morgan fingerprint density at radius 3 is 0.685 bits per heavy atom. The molecule has 0 aliphatic carbocycles. The van der Waals surface area contributed by atoms with Gasteiger partial charge < -0.3 is 14.2 Å². The molecular formula is C67H126O6. The van der Waals surface area contributed by atoms with Crippen molar-refractivity contribution in [2.24, 2.45) is 0 Å². The van der Waals surface area contributed by atoms with Gasteiger partial charge in [0.15, 0.2) is 6.10 Å². The third kappa shape index (κ3) is 60.6. The van der Waals surface area contributed by atoms with Gasteiger partial charge in [-0.1, -0.05) is 302 Å². The van der Waals surface area contributed by atoms with E-state index in [1.807, 2.05) is 0 Å². The first-order chi connectivity index (χ1) is 36.0. The van der Waals surface area contributed by atoms with Crippen LogP contribution in [-0.4, -0.2) is 37.2 Å². The van der Waals surface area contributed by atoms with E-state index in [0.717, 1.165) is 64.2 Å². The highest BCUT2D eigenvalue weighted by Crippen LogP contribution is 2.18. The first-order valence-corrected chi connectivity index (χ1v) is 32.8. The van der Waals surface area contributed by atoms with Crippen molar-refractivity contribution in [3.63, 3.8) is 0 Å². The van der Waals surface area contributed by atoms with Gasteiger partial charge in [-0.15, -0.1) is 0 Å². The van der Waals surface area contributed by atoms with Crippen LogP contribution in [-0.2, 0) is 28.6 Å². The number of allylic oxidation sites excluding steroid dienone is 4. The van der Waals surface area contributed by atoms with Gasteiger partial charge in [0, 0.05) is 19.3 Å². The maximum Gasteiger partial charge on any atom is 0.306 e. The van der Waals surface area contributed by atoms with Crippen LogP contribution < -0.4 is 0 Å². The summed E-state index contributed by atoms with van der Waals surface area (Å²) in [6.45, 7) is 6.70. The molecule has 0 fully saturated rings. The van der Waals surface area contributed by atoms with Crippen molar-refractivity contribution in [2.75, 3.05) is 13.2 Å². The van der Waals surface area contributed by atoms with E-state index in [-0.39, 0.29) is 31.1 Å². The summed E-state index contributed by atoms with van der Waals surface area (Å²) in [4.78, 5) is 38.3. The maximum atomic E-state index is 12.9. The summed E-state index contributed by atoms with van der Waals surface area (Å²) in [7, 11) is 0. The van der Waals surface area contributed by atoms with Crippen LogP contribution in [0.4, 0.5) is 0 Å².